The number of carbonyl (C=O) groups is 1. The Balaban J connectivity index is 2.55. The minimum absolute atomic E-state index is 0.121. The SMILES string of the molecule is COC(=O)c1cc(OC)c(OC)cc1NS(=O)(=O)c1cccc([N+](=O)[O-])c1. The maximum Gasteiger partial charge on any atom is 0.340 e. The number of rotatable bonds is 7. The number of esters is 1. The van der Waals surface area contributed by atoms with Crippen LogP contribution in [0, 0.1) is 10.1 Å². The topological polar surface area (TPSA) is 134 Å². The van der Waals surface area contributed by atoms with Crippen molar-refractivity contribution in [1.29, 1.82) is 0 Å². The van der Waals surface area contributed by atoms with E-state index in [1.807, 2.05) is 0 Å². The third-order valence-electron chi connectivity index (χ3n) is 3.51. The number of non-ortho nitro benzene ring substituents is 1. The predicted octanol–water partition coefficient (Wildman–Crippen LogP) is 2.20. The molecule has 0 saturated carbocycles. The Bertz CT molecular complexity index is 988. The summed E-state index contributed by atoms with van der Waals surface area (Å²) in [7, 11) is -0.405. The van der Waals surface area contributed by atoms with Crippen LogP contribution in [0.4, 0.5) is 11.4 Å². The molecule has 0 atom stereocenters. The number of nitrogens with zero attached hydrogens (tertiary/aromatic N) is 1. The van der Waals surface area contributed by atoms with Gasteiger partial charge < -0.3 is 14.2 Å². The zero-order chi connectivity index (χ0) is 20.2. The van der Waals surface area contributed by atoms with Crippen LogP contribution in [-0.2, 0) is 14.8 Å². The zero-order valence-electron chi connectivity index (χ0n) is 14.6. The number of carbonyl (C=O) groups excluding carboxylic acids is 1. The first-order chi connectivity index (χ1) is 12.7. The number of methoxy groups -OCH3 is 3. The van der Waals surface area contributed by atoms with Crippen molar-refractivity contribution in [1.82, 2.24) is 0 Å². The number of nitro groups is 1. The van der Waals surface area contributed by atoms with Crippen molar-refractivity contribution in [3.05, 3.63) is 52.1 Å². The molecule has 2 rings (SSSR count). The molecule has 0 aliphatic carbocycles. The molecular formula is C16H16N2O8S. The van der Waals surface area contributed by atoms with Gasteiger partial charge in [0.25, 0.3) is 15.7 Å². The number of anilines is 1. The molecule has 0 fully saturated rings. The molecule has 0 aliphatic heterocycles. The second-order valence-electron chi connectivity index (χ2n) is 5.10. The fourth-order valence-corrected chi connectivity index (χ4v) is 3.32. The lowest BCUT2D eigenvalue weighted by Gasteiger charge is -2.15. The highest BCUT2D eigenvalue weighted by Crippen LogP contribution is 2.35. The lowest BCUT2D eigenvalue weighted by Crippen LogP contribution is -2.16. The smallest absolute Gasteiger partial charge is 0.340 e. The van der Waals surface area contributed by atoms with Crippen LogP contribution in [0.15, 0.2) is 41.3 Å². The van der Waals surface area contributed by atoms with Crippen molar-refractivity contribution in [2.45, 2.75) is 4.90 Å². The van der Waals surface area contributed by atoms with Gasteiger partial charge in [0.2, 0.25) is 0 Å². The lowest BCUT2D eigenvalue weighted by molar-refractivity contribution is -0.385. The van der Waals surface area contributed by atoms with Crippen molar-refractivity contribution in [3.8, 4) is 11.5 Å². The zero-order valence-corrected chi connectivity index (χ0v) is 15.4. The third kappa shape index (κ3) is 4.26. The molecule has 0 saturated heterocycles. The van der Waals surface area contributed by atoms with Crippen molar-refractivity contribution in [3.63, 3.8) is 0 Å². The molecule has 11 heteroatoms. The number of nitro benzene ring substituents is 1. The molecule has 0 spiro atoms. The average Bonchev–Trinajstić information content (AvgIpc) is 2.66. The summed E-state index contributed by atoms with van der Waals surface area (Å²) in [6.45, 7) is 0. The molecule has 10 nitrogen and oxygen atoms in total. The van der Waals surface area contributed by atoms with E-state index in [9.17, 15) is 23.3 Å². The summed E-state index contributed by atoms with van der Waals surface area (Å²) < 4.78 is 42.4. The Hall–Kier alpha value is -3.34. The molecule has 2 aromatic rings. The number of ether oxygens (including phenoxy) is 3. The van der Waals surface area contributed by atoms with E-state index < -0.39 is 26.6 Å². The molecule has 0 aliphatic rings. The minimum atomic E-state index is -4.24. The highest BCUT2D eigenvalue weighted by Gasteiger charge is 2.23. The van der Waals surface area contributed by atoms with E-state index in [0.29, 0.717) is 0 Å². The van der Waals surface area contributed by atoms with Gasteiger partial charge in [0, 0.05) is 24.3 Å². The van der Waals surface area contributed by atoms with Gasteiger partial charge in [-0.05, 0) is 6.07 Å². The van der Waals surface area contributed by atoms with Crippen LogP contribution >= 0.6 is 0 Å². The molecular weight excluding hydrogens is 380 g/mol. The molecule has 27 heavy (non-hydrogen) atoms. The van der Waals surface area contributed by atoms with E-state index in [4.69, 9.17) is 9.47 Å². The predicted molar refractivity (Wildman–Crippen MR) is 94.8 cm³/mol. The number of sulfonamides is 1. The molecule has 0 heterocycles. The fraction of sp³-hybridized carbons (Fsp3) is 0.188. The Kier molecular flexibility index (Phi) is 5.85. The molecule has 2 aromatic carbocycles. The largest absolute Gasteiger partial charge is 0.493 e. The van der Waals surface area contributed by atoms with Crippen molar-refractivity contribution in [2.75, 3.05) is 26.1 Å². The van der Waals surface area contributed by atoms with Gasteiger partial charge in [0.05, 0.1) is 42.4 Å². The Morgan fingerprint density at radius 3 is 2.26 bits per heavy atom. The van der Waals surface area contributed by atoms with Gasteiger partial charge in [-0.15, -0.1) is 0 Å². The summed E-state index contributed by atoms with van der Waals surface area (Å²) in [5, 5.41) is 10.9. The molecule has 1 N–H and O–H groups in total. The highest BCUT2D eigenvalue weighted by molar-refractivity contribution is 7.92. The van der Waals surface area contributed by atoms with Crippen LogP contribution in [-0.4, -0.2) is 40.6 Å². The monoisotopic (exact) mass is 396 g/mol. The van der Waals surface area contributed by atoms with Gasteiger partial charge in [-0.2, -0.15) is 0 Å². The van der Waals surface area contributed by atoms with Crippen LogP contribution in [0.1, 0.15) is 10.4 Å². The molecule has 0 aromatic heterocycles. The Morgan fingerprint density at radius 2 is 1.70 bits per heavy atom. The number of nitrogens with one attached hydrogen (secondary N) is 1. The van der Waals surface area contributed by atoms with Crippen LogP contribution < -0.4 is 14.2 Å². The van der Waals surface area contributed by atoms with E-state index in [2.05, 4.69) is 9.46 Å². The first kappa shape index (κ1) is 20.0. The standard InChI is InChI=1S/C16H16N2O8S/c1-24-14-8-12(16(19)26-3)13(9-15(14)25-2)17-27(22,23)11-6-4-5-10(7-11)18(20)21/h4-9,17H,1-3H3. The normalized spacial score (nSPS) is 10.8. The van der Waals surface area contributed by atoms with Crippen LogP contribution in [0.5, 0.6) is 11.5 Å². The molecule has 0 bridgehead atoms. The van der Waals surface area contributed by atoms with Gasteiger partial charge in [0.1, 0.15) is 0 Å². The number of benzene rings is 2. The summed E-state index contributed by atoms with van der Waals surface area (Å²) in [5.41, 5.74) is -0.645. The van der Waals surface area contributed by atoms with Gasteiger partial charge in [-0.25, -0.2) is 13.2 Å². The van der Waals surface area contributed by atoms with Crippen molar-refractivity contribution >= 4 is 27.4 Å². The minimum Gasteiger partial charge on any atom is -0.493 e. The summed E-state index contributed by atoms with van der Waals surface area (Å²) in [6, 6.07) is 7.00. The fourth-order valence-electron chi connectivity index (χ4n) is 2.21. The molecule has 0 amide bonds. The molecule has 0 radical (unpaired) electrons. The number of hydrogen-bond acceptors (Lipinski definition) is 8. The summed E-state index contributed by atoms with van der Waals surface area (Å²) >= 11 is 0. The second-order valence-corrected chi connectivity index (χ2v) is 6.79. The first-order valence-electron chi connectivity index (χ1n) is 7.35. The Morgan fingerprint density at radius 1 is 1.07 bits per heavy atom. The quantitative estimate of drug-likeness (QED) is 0.428. The molecule has 0 unspecified atom stereocenters. The maximum atomic E-state index is 12.6. The average molecular weight is 396 g/mol. The van der Waals surface area contributed by atoms with Crippen LogP contribution in [0.2, 0.25) is 0 Å². The number of hydrogen-bond donors (Lipinski definition) is 1. The highest BCUT2D eigenvalue weighted by atomic mass is 32.2. The van der Waals surface area contributed by atoms with Crippen molar-refractivity contribution in [2.24, 2.45) is 0 Å². The summed E-state index contributed by atoms with van der Waals surface area (Å²) in [6.07, 6.45) is 0. The summed E-state index contributed by atoms with van der Waals surface area (Å²) in [4.78, 5) is 21.8. The Labute approximate surface area is 154 Å². The first-order valence-corrected chi connectivity index (χ1v) is 8.83. The van der Waals surface area contributed by atoms with E-state index in [-0.39, 0.29) is 27.6 Å². The lowest BCUT2D eigenvalue weighted by atomic mass is 10.1. The van der Waals surface area contributed by atoms with E-state index in [0.717, 1.165) is 19.2 Å². The third-order valence-corrected chi connectivity index (χ3v) is 4.88. The van der Waals surface area contributed by atoms with Gasteiger partial charge in [-0.3, -0.25) is 14.8 Å². The summed E-state index contributed by atoms with van der Waals surface area (Å²) in [5.74, 6) is -0.453. The van der Waals surface area contributed by atoms with Gasteiger partial charge in [-0.1, -0.05) is 6.07 Å². The van der Waals surface area contributed by atoms with E-state index >= 15 is 0 Å². The van der Waals surface area contributed by atoms with Crippen LogP contribution in [0.25, 0.3) is 0 Å². The van der Waals surface area contributed by atoms with E-state index in [1.165, 1.54) is 38.5 Å². The molecule has 144 valence electrons. The van der Waals surface area contributed by atoms with Crippen LogP contribution in [0.3, 0.4) is 0 Å². The van der Waals surface area contributed by atoms with Gasteiger partial charge in [0.15, 0.2) is 11.5 Å². The van der Waals surface area contributed by atoms with E-state index in [1.54, 1.807) is 0 Å². The van der Waals surface area contributed by atoms with Crippen molar-refractivity contribution < 1.29 is 32.3 Å². The maximum absolute atomic E-state index is 12.6. The second kappa shape index (κ2) is 7.91. The van der Waals surface area contributed by atoms with Gasteiger partial charge >= 0.3 is 5.97 Å².